The van der Waals surface area contributed by atoms with Gasteiger partial charge in [-0.2, -0.15) is 0 Å². The molecule has 0 amide bonds. The third kappa shape index (κ3) is 3.68. The van der Waals surface area contributed by atoms with Gasteiger partial charge in [0.25, 0.3) is 10.4 Å². The average Bonchev–Trinajstić information content (AvgIpc) is 3.56. The predicted molar refractivity (Wildman–Crippen MR) is 129 cm³/mol. The molecular weight excluding hydrogens is 462 g/mol. The van der Waals surface area contributed by atoms with E-state index in [4.69, 9.17) is 19.9 Å². The lowest BCUT2D eigenvalue weighted by Gasteiger charge is -2.13. The number of nitrogen functional groups attached to an aromatic ring is 1. The van der Waals surface area contributed by atoms with Gasteiger partial charge in [-0.25, -0.2) is 0 Å². The van der Waals surface area contributed by atoms with Gasteiger partial charge in [0, 0.05) is 5.39 Å². The molecular formula is C21H19N7O3S2. The third-order valence-corrected chi connectivity index (χ3v) is 6.72. The minimum absolute atomic E-state index is 0.449. The fraction of sp³-hybridized carbons (Fsp3) is 0.143. The van der Waals surface area contributed by atoms with Crippen molar-refractivity contribution >= 4 is 50.8 Å². The quantitative estimate of drug-likeness (QED) is 0.327. The minimum atomic E-state index is 0.449. The normalized spacial score (nSPS) is 11.0. The first-order valence-corrected chi connectivity index (χ1v) is 11.4. The zero-order chi connectivity index (χ0) is 22.9. The Morgan fingerprint density at radius 2 is 1.64 bits per heavy atom. The lowest BCUT2D eigenvalue weighted by Crippen LogP contribution is -2.03. The molecule has 33 heavy (non-hydrogen) atoms. The molecule has 168 valence electrons. The molecule has 0 aliphatic rings. The Hall–Kier alpha value is -3.90. The van der Waals surface area contributed by atoms with E-state index in [0.717, 1.165) is 22.2 Å². The van der Waals surface area contributed by atoms with Gasteiger partial charge < -0.3 is 25.3 Å². The second-order valence-electron chi connectivity index (χ2n) is 6.79. The second kappa shape index (κ2) is 8.56. The summed E-state index contributed by atoms with van der Waals surface area (Å²) in [6, 6.07) is 13.3. The van der Waals surface area contributed by atoms with Crippen LogP contribution >= 0.6 is 22.7 Å². The first-order valence-electron chi connectivity index (χ1n) is 9.72. The summed E-state index contributed by atoms with van der Waals surface area (Å²) in [4.78, 5) is 0. The van der Waals surface area contributed by atoms with Crippen LogP contribution in [0, 0.1) is 0 Å². The molecule has 0 atom stereocenters. The molecule has 3 aromatic heterocycles. The van der Waals surface area contributed by atoms with Gasteiger partial charge in [0.1, 0.15) is 11.6 Å². The van der Waals surface area contributed by atoms with Gasteiger partial charge in [0.15, 0.2) is 5.01 Å². The molecule has 0 saturated carbocycles. The van der Waals surface area contributed by atoms with E-state index in [-0.39, 0.29) is 0 Å². The van der Waals surface area contributed by atoms with Crippen LogP contribution in [0.4, 0.5) is 17.2 Å². The number of rotatable bonds is 7. The maximum atomic E-state index is 6.25. The maximum Gasteiger partial charge on any atom is 0.295 e. The molecule has 5 rings (SSSR count). The number of fused-ring (bicyclic) bond motifs is 1. The zero-order valence-electron chi connectivity index (χ0n) is 17.9. The number of anilines is 3. The summed E-state index contributed by atoms with van der Waals surface area (Å²) >= 11 is 2.65. The molecule has 12 heteroatoms. The average molecular weight is 482 g/mol. The molecule has 0 bridgehead atoms. The molecule has 10 nitrogen and oxygen atoms in total. The van der Waals surface area contributed by atoms with Gasteiger partial charge in [-0.1, -0.05) is 33.7 Å². The largest absolute Gasteiger partial charge is 0.497 e. The molecule has 0 aliphatic carbocycles. The Bertz CT molecular complexity index is 1440. The number of methoxy groups -OCH3 is 3. The van der Waals surface area contributed by atoms with E-state index in [1.54, 1.807) is 21.3 Å². The first-order chi connectivity index (χ1) is 16.1. The van der Waals surface area contributed by atoms with Gasteiger partial charge >= 0.3 is 0 Å². The van der Waals surface area contributed by atoms with Crippen molar-refractivity contribution < 1.29 is 14.2 Å². The van der Waals surface area contributed by atoms with Crippen molar-refractivity contribution in [2.24, 2.45) is 0 Å². The summed E-state index contributed by atoms with van der Waals surface area (Å²) in [6.07, 6.45) is 0. The lowest BCUT2D eigenvalue weighted by molar-refractivity contribution is 0.407. The number of aromatic nitrogens is 5. The van der Waals surface area contributed by atoms with Gasteiger partial charge in [-0.15, -0.1) is 10.2 Å². The van der Waals surface area contributed by atoms with Crippen LogP contribution in [0.2, 0.25) is 0 Å². The summed E-state index contributed by atoms with van der Waals surface area (Å²) in [5.41, 5.74) is 9.27. The summed E-state index contributed by atoms with van der Waals surface area (Å²) in [7, 11) is 4.75. The molecule has 0 fully saturated rings. The fourth-order valence-electron chi connectivity index (χ4n) is 3.44. The summed E-state index contributed by atoms with van der Waals surface area (Å²) in [6.45, 7) is 0. The predicted octanol–water partition coefficient (Wildman–Crippen LogP) is 4.35. The Morgan fingerprint density at radius 3 is 2.33 bits per heavy atom. The van der Waals surface area contributed by atoms with Crippen molar-refractivity contribution in [2.45, 2.75) is 0 Å². The van der Waals surface area contributed by atoms with Crippen LogP contribution in [0.25, 0.3) is 26.6 Å². The summed E-state index contributed by atoms with van der Waals surface area (Å²) < 4.78 is 18.0. The fourth-order valence-corrected chi connectivity index (χ4v) is 4.84. The van der Waals surface area contributed by atoms with E-state index in [2.05, 4.69) is 25.7 Å². The van der Waals surface area contributed by atoms with E-state index in [0.29, 0.717) is 37.8 Å². The monoisotopic (exact) mass is 481 g/mol. The smallest absolute Gasteiger partial charge is 0.295 e. The number of para-hydroxylation sites is 2. The van der Waals surface area contributed by atoms with E-state index < -0.39 is 0 Å². The van der Waals surface area contributed by atoms with E-state index in [1.807, 2.05) is 47.0 Å². The molecule has 0 spiro atoms. The van der Waals surface area contributed by atoms with Crippen molar-refractivity contribution in [2.75, 3.05) is 32.4 Å². The number of hydrogen-bond donors (Lipinski definition) is 2. The Morgan fingerprint density at radius 1 is 0.879 bits per heavy atom. The van der Waals surface area contributed by atoms with E-state index >= 15 is 0 Å². The molecule has 2 aromatic carbocycles. The molecule has 0 aliphatic heterocycles. The number of nitrogens with one attached hydrogen (secondary N) is 1. The van der Waals surface area contributed by atoms with Crippen LogP contribution in [0.5, 0.6) is 16.1 Å². The Balaban J connectivity index is 1.85. The third-order valence-electron chi connectivity index (χ3n) is 4.94. The second-order valence-corrected chi connectivity index (χ2v) is 8.64. The van der Waals surface area contributed by atoms with Crippen LogP contribution in [-0.4, -0.2) is 46.3 Å². The van der Waals surface area contributed by atoms with Crippen LogP contribution in [0.15, 0.2) is 42.5 Å². The SMILES string of the molecule is COc1ccc2c(c1)c(-c1nnc(OC)s1)c(Nc1ccccc1N)n2-c1nnc(OC)s1. The van der Waals surface area contributed by atoms with E-state index in [9.17, 15) is 0 Å². The Labute approximate surface area is 196 Å². The van der Waals surface area contributed by atoms with Crippen LogP contribution in [0.1, 0.15) is 0 Å². The van der Waals surface area contributed by atoms with Gasteiger partial charge in [0.2, 0.25) is 5.13 Å². The van der Waals surface area contributed by atoms with Crippen molar-refractivity contribution in [3.05, 3.63) is 42.5 Å². The minimum Gasteiger partial charge on any atom is -0.497 e. The molecule has 3 N–H and O–H groups in total. The lowest BCUT2D eigenvalue weighted by atomic mass is 10.1. The maximum absolute atomic E-state index is 6.25. The van der Waals surface area contributed by atoms with Gasteiger partial charge in [0.05, 0.1) is 43.8 Å². The number of benzene rings is 2. The number of nitrogens with zero attached hydrogens (tertiary/aromatic N) is 5. The number of nitrogens with two attached hydrogens (primary N) is 1. The molecule has 0 saturated heterocycles. The van der Waals surface area contributed by atoms with E-state index in [1.165, 1.54) is 22.7 Å². The molecule has 0 radical (unpaired) electrons. The zero-order valence-corrected chi connectivity index (χ0v) is 19.5. The molecule has 5 aromatic rings. The van der Waals surface area contributed by atoms with Crippen LogP contribution < -0.4 is 25.3 Å². The first kappa shape index (κ1) is 21.0. The van der Waals surface area contributed by atoms with Gasteiger partial charge in [-0.3, -0.25) is 4.57 Å². The highest BCUT2D eigenvalue weighted by molar-refractivity contribution is 7.16. The molecule has 0 unspecified atom stereocenters. The standard InChI is InChI=1S/C21H19N7O3S2/c1-29-11-8-9-15-12(10-11)16(18-24-26-20(30-2)32-18)17(23-14-7-5-4-6-13(14)22)28(15)19-25-27-21(31-3)33-19/h4-10,23H,22H2,1-3H3. The van der Waals surface area contributed by atoms with Crippen molar-refractivity contribution in [3.8, 4) is 31.8 Å². The summed E-state index contributed by atoms with van der Waals surface area (Å²) in [5, 5.41) is 23.5. The highest BCUT2D eigenvalue weighted by Crippen LogP contribution is 2.45. The summed E-state index contributed by atoms with van der Waals surface area (Å²) in [5.74, 6) is 1.41. The topological polar surface area (TPSA) is 122 Å². The van der Waals surface area contributed by atoms with Crippen LogP contribution in [-0.2, 0) is 0 Å². The highest BCUT2D eigenvalue weighted by atomic mass is 32.1. The number of ether oxygens (including phenoxy) is 3. The molecule has 3 heterocycles. The van der Waals surface area contributed by atoms with Crippen molar-refractivity contribution in [3.63, 3.8) is 0 Å². The van der Waals surface area contributed by atoms with Crippen LogP contribution in [0.3, 0.4) is 0 Å². The van der Waals surface area contributed by atoms with Crippen molar-refractivity contribution in [1.29, 1.82) is 0 Å². The van der Waals surface area contributed by atoms with Gasteiger partial charge in [-0.05, 0) is 41.7 Å². The van der Waals surface area contributed by atoms with Crippen molar-refractivity contribution in [1.82, 2.24) is 25.0 Å². The highest BCUT2D eigenvalue weighted by Gasteiger charge is 2.26. The number of hydrogen-bond acceptors (Lipinski definition) is 11. The Kier molecular flexibility index (Phi) is 5.44.